The Labute approximate surface area is 147 Å². The van der Waals surface area contributed by atoms with Crippen molar-refractivity contribution < 1.29 is 14.3 Å². The molecule has 132 valence electrons. The highest BCUT2D eigenvalue weighted by atomic mass is 16.5. The quantitative estimate of drug-likeness (QED) is 0.874. The summed E-state index contributed by atoms with van der Waals surface area (Å²) in [5.41, 5.74) is 1.65. The van der Waals surface area contributed by atoms with Crippen LogP contribution in [0.5, 0.6) is 11.6 Å². The summed E-state index contributed by atoms with van der Waals surface area (Å²) in [5.74, 6) is 1.70. The first-order valence-electron chi connectivity index (χ1n) is 8.37. The summed E-state index contributed by atoms with van der Waals surface area (Å²) in [5, 5.41) is 3.00. The number of pyridine rings is 1. The Morgan fingerprint density at radius 3 is 2.80 bits per heavy atom. The molecule has 0 saturated carbocycles. The van der Waals surface area contributed by atoms with E-state index in [1.807, 2.05) is 18.2 Å². The highest BCUT2D eigenvalue weighted by Crippen LogP contribution is 2.31. The summed E-state index contributed by atoms with van der Waals surface area (Å²) in [6, 6.07) is 11.4. The van der Waals surface area contributed by atoms with Gasteiger partial charge in [0.15, 0.2) is 0 Å². The Kier molecular flexibility index (Phi) is 5.38. The topological polar surface area (TPSA) is 63.7 Å². The monoisotopic (exact) mass is 341 g/mol. The summed E-state index contributed by atoms with van der Waals surface area (Å²) < 4.78 is 10.4. The Morgan fingerprint density at radius 1 is 1.24 bits per heavy atom. The second-order valence-electron chi connectivity index (χ2n) is 6.07. The van der Waals surface area contributed by atoms with Crippen molar-refractivity contribution in [1.29, 1.82) is 0 Å². The SMILES string of the molecule is COc1ccc(C(=O)NC[C@@H]2CCN(c3ccccc3OC)C2)cn1. The molecule has 6 nitrogen and oxygen atoms in total. The van der Waals surface area contributed by atoms with Crippen LogP contribution in [-0.4, -0.2) is 44.7 Å². The van der Waals surface area contributed by atoms with Crippen LogP contribution >= 0.6 is 0 Å². The summed E-state index contributed by atoms with van der Waals surface area (Å²) >= 11 is 0. The lowest BCUT2D eigenvalue weighted by atomic mass is 10.1. The van der Waals surface area contributed by atoms with Gasteiger partial charge in [0, 0.05) is 31.9 Å². The van der Waals surface area contributed by atoms with Gasteiger partial charge < -0.3 is 19.7 Å². The Hall–Kier alpha value is -2.76. The lowest BCUT2D eigenvalue weighted by Crippen LogP contribution is -2.31. The fourth-order valence-electron chi connectivity index (χ4n) is 3.08. The van der Waals surface area contributed by atoms with Gasteiger partial charge in [-0.3, -0.25) is 4.79 Å². The van der Waals surface area contributed by atoms with Gasteiger partial charge in [-0.05, 0) is 30.5 Å². The van der Waals surface area contributed by atoms with Crippen LogP contribution in [-0.2, 0) is 0 Å². The summed E-state index contributed by atoms with van der Waals surface area (Å²) in [6.07, 6.45) is 2.57. The van der Waals surface area contributed by atoms with E-state index in [9.17, 15) is 4.79 Å². The Balaban J connectivity index is 1.53. The van der Waals surface area contributed by atoms with Crippen LogP contribution in [0.25, 0.3) is 0 Å². The van der Waals surface area contributed by atoms with E-state index in [4.69, 9.17) is 9.47 Å². The molecular weight excluding hydrogens is 318 g/mol. The van der Waals surface area contributed by atoms with Crippen LogP contribution in [0.3, 0.4) is 0 Å². The summed E-state index contributed by atoms with van der Waals surface area (Å²) in [4.78, 5) is 18.6. The van der Waals surface area contributed by atoms with Gasteiger partial charge in [-0.25, -0.2) is 4.98 Å². The molecule has 0 radical (unpaired) electrons. The molecule has 1 aromatic carbocycles. The maximum atomic E-state index is 12.2. The third-order valence-electron chi connectivity index (χ3n) is 4.47. The third-order valence-corrected chi connectivity index (χ3v) is 4.47. The largest absolute Gasteiger partial charge is 0.495 e. The van der Waals surface area contributed by atoms with Gasteiger partial charge in [-0.15, -0.1) is 0 Å². The van der Waals surface area contributed by atoms with E-state index < -0.39 is 0 Å². The number of benzene rings is 1. The number of anilines is 1. The molecular formula is C19H23N3O3. The Morgan fingerprint density at radius 2 is 2.08 bits per heavy atom. The lowest BCUT2D eigenvalue weighted by Gasteiger charge is -2.21. The minimum Gasteiger partial charge on any atom is -0.495 e. The van der Waals surface area contributed by atoms with Crippen LogP contribution in [0, 0.1) is 5.92 Å². The zero-order valence-electron chi connectivity index (χ0n) is 14.6. The minimum atomic E-state index is -0.106. The van der Waals surface area contributed by atoms with Crippen molar-refractivity contribution >= 4 is 11.6 Å². The highest BCUT2D eigenvalue weighted by molar-refractivity contribution is 5.93. The van der Waals surface area contributed by atoms with Crippen LogP contribution < -0.4 is 19.7 Å². The first-order valence-corrected chi connectivity index (χ1v) is 8.37. The molecule has 0 bridgehead atoms. The molecule has 0 spiro atoms. The van der Waals surface area contributed by atoms with Gasteiger partial charge >= 0.3 is 0 Å². The third kappa shape index (κ3) is 4.02. The molecule has 1 amide bonds. The molecule has 1 N–H and O–H groups in total. The fourth-order valence-corrected chi connectivity index (χ4v) is 3.08. The zero-order valence-corrected chi connectivity index (χ0v) is 14.6. The Bertz CT molecular complexity index is 718. The lowest BCUT2D eigenvalue weighted by molar-refractivity contribution is 0.0948. The normalized spacial score (nSPS) is 16.6. The van der Waals surface area contributed by atoms with Crippen molar-refractivity contribution in [2.45, 2.75) is 6.42 Å². The van der Waals surface area contributed by atoms with Crippen molar-refractivity contribution in [2.75, 3.05) is 38.8 Å². The van der Waals surface area contributed by atoms with E-state index in [0.29, 0.717) is 23.9 Å². The number of hydrogen-bond donors (Lipinski definition) is 1. The summed E-state index contributed by atoms with van der Waals surface area (Å²) in [6.45, 7) is 2.52. The molecule has 6 heteroatoms. The van der Waals surface area contributed by atoms with Crippen molar-refractivity contribution in [3.05, 3.63) is 48.2 Å². The molecule has 1 fully saturated rings. The zero-order chi connectivity index (χ0) is 17.6. The smallest absolute Gasteiger partial charge is 0.252 e. The average Bonchev–Trinajstić information content (AvgIpc) is 3.15. The summed E-state index contributed by atoms with van der Waals surface area (Å²) in [7, 11) is 3.24. The molecule has 1 aromatic heterocycles. The predicted molar refractivity (Wildman–Crippen MR) is 96.4 cm³/mol. The number of carbonyl (C=O) groups excluding carboxylic acids is 1. The van der Waals surface area contributed by atoms with Gasteiger partial charge in [0.25, 0.3) is 5.91 Å². The van der Waals surface area contributed by atoms with Gasteiger partial charge in [-0.1, -0.05) is 12.1 Å². The van der Waals surface area contributed by atoms with E-state index in [-0.39, 0.29) is 5.91 Å². The number of nitrogens with one attached hydrogen (secondary N) is 1. The molecule has 0 aliphatic carbocycles. The minimum absolute atomic E-state index is 0.106. The first kappa shape index (κ1) is 17.1. The van der Waals surface area contributed by atoms with Gasteiger partial charge in [0.1, 0.15) is 5.75 Å². The molecule has 1 saturated heterocycles. The molecule has 3 rings (SSSR count). The fraction of sp³-hybridized carbons (Fsp3) is 0.368. The van der Waals surface area contributed by atoms with Crippen LogP contribution in [0.4, 0.5) is 5.69 Å². The second-order valence-corrected chi connectivity index (χ2v) is 6.07. The van der Waals surface area contributed by atoms with Crippen LogP contribution in [0.1, 0.15) is 16.8 Å². The predicted octanol–water partition coefficient (Wildman–Crippen LogP) is 2.36. The van der Waals surface area contributed by atoms with Crippen molar-refractivity contribution in [3.63, 3.8) is 0 Å². The van der Waals surface area contributed by atoms with Crippen molar-refractivity contribution in [2.24, 2.45) is 5.92 Å². The number of amides is 1. The maximum absolute atomic E-state index is 12.2. The van der Waals surface area contributed by atoms with Crippen LogP contribution in [0.2, 0.25) is 0 Å². The van der Waals surface area contributed by atoms with Gasteiger partial charge in [0.05, 0.1) is 25.5 Å². The number of carbonyl (C=O) groups is 1. The number of ether oxygens (including phenoxy) is 2. The number of para-hydroxylation sites is 2. The molecule has 25 heavy (non-hydrogen) atoms. The first-order chi connectivity index (χ1) is 12.2. The average molecular weight is 341 g/mol. The highest BCUT2D eigenvalue weighted by Gasteiger charge is 2.25. The standard InChI is InChI=1S/C19H23N3O3/c1-24-17-6-4-3-5-16(17)22-10-9-14(13-22)11-21-19(23)15-7-8-18(25-2)20-12-15/h3-8,12,14H,9-11,13H2,1-2H3,(H,21,23)/t14-/m0/s1. The number of nitrogens with zero attached hydrogens (tertiary/aromatic N) is 2. The molecule has 2 aromatic rings. The van der Waals surface area contributed by atoms with E-state index in [1.54, 1.807) is 26.4 Å². The molecule has 1 aliphatic heterocycles. The molecule has 1 aliphatic rings. The number of aromatic nitrogens is 1. The van der Waals surface area contributed by atoms with E-state index >= 15 is 0 Å². The van der Waals surface area contributed by atoms with Crippen molar-refractivity contribution in [3.8, 4) is 11.6 Å². The van der Waals surface area contributed by atoms with Crippen LogP contribution in [0.15, 0.2) is 42.6 Å². The van der Waals surface area contributed by atoms with E-state index in [0.717, 1.165) is 30.9 Å². The molecule has 0 unspecified atom stereocenters. The van der Waals surface area contributed by atoms with Crippen molar-refractivity contribution in [1.82, 2.24) is 10.3 Å². The second kappa shape index (κ2) is 7.88. The number of methoxy groups -OCH3 is 2. The van der Waals surface area contributed by atoms with Gasteiger partial charge in [0.2, 0.25) is 5.88 Å². The van der Waals surface area contributed by atoms with E-state index in [1.165, 1.54) is 6.20 Å². The molecule has 2 heterocycles. The van der Waals surface area contributed by atoms with E-state index in [2.05, 4.69) is 21.3 Å². The number of rotatable bonds is 6. The maximum Gasteiger partial charge on any atom is 0.252 e. The number of hydrogen-bond acceptors (Lipinski definition) is 5. The van der Waals surface area contributed by atoms with Gasteiger partial charge in [-0.2, -0.15) is 0 Å². The molecule has 1 atom stereocenters.